The van der Waals surface area contributed by atoms with Crippen LogP contribution in [0.1, 0.15) is 47.3 Å². The molecule has 1 saturated carbocycles. The van der Waals surface area contributed by atoms with Gasteiger partial charge in [-0.1, -0.05) is 40.9 Å². The summed E-state index contributed by atoms with van der Waals surface area (Å²) in [4.78, 5) is 12.9. The van der Waals surface area contributed by atoms with Crippen LogP contribution in [0.5, 0.6) is 0 Å². The number of halogens is 1. The summed E-state index contributed by atoms with van der Waals surface area (Å²) in [7, 11) is 0. The van der Waals surface area contributed by atoms with Gasteiger partial charge in [-0.15, -0.1) is 0 Å². The molecule has 1 aliphatic rings. The van der Waals surface area contributed by atoms with Crippen LogP contribution < -0.4 is 5.32 Å². The van der Waals surface area contributed by atoms with Crippen molar-refractivity contribution in [2.24, 2.45) is 0 Å². The minimum atomic E-state index is -0.468. The summed E-state index contributed by atoms with van der Waals surface area (Å²) in [5.74, 6) is -0.184. The Morgan fingerprint density at radius 1 is 1.22 bits per heavy atom. The molecule has 2 N–H and O–H groups in total. The zero-order valence-corrected chi connectivity index (χ0v) is 16.5. The van der Waals surface area contributed by atoms with Crippen LogP contribution in [0.4, 0.5) is 0 Å². The van der Waals surface area contributed by atoms with Crippen molar-refractivity contribution in [2.45, 2.75) is 44.2 Å². The topological polar surface area (TPSA) is 66.6 Å². The van der Waals surface area contributed by atoms with Gasteiger partial charge in [-0.25, -0.2) is 4.52 Å². The zero-order valence-electron chi connectivity index (χ0n) is 14.9. The molecule has 2 heterocycles. The van der Waals surface area contributed by atoms with E-state index in [-0.39, 0.29) is 11.9 Å². The summed E-state index contributed by atoms with van der Waals surface area (Å²) in [6, 6.07) is 13.8. The number of benzene rings is 1. The van der Waals surface area contributed by atoms with Gasteiger partial charge in [0.25, 0.3) is 5.91 Å². The zero-order chi connectivity index (χ0) is 18.8. The number of rotatable bonds is 4. The molecule has 1 aliphatic carbocycles. The second kappa shape index (κ2) is 7.82. The molecule has 140 valence electrons. The van der Waals surface area contributed by atoms with Crippen LogP contribution in [0.2, 0.25) is 0 Å². The maximum absolute atomic E-state index is 12.9. The fourth-order valence-electron chi connectivity index (χ4n) is 3.75. The minimum absolute atomic E-state index is 0.184. The summed E-state index contributed by atoms with van der Waals surface area (Å²) in [6.45, 7) is 0. The molecule has 1 fully saturated rings. The Morgan fingerprint density at radius 3 is 2.78 bits per heavy atom. The van der Waals surface area contributed by atoms with E-state index in [1.807, 2.05) is 30.3 Å². The first-order valence-electron chi connectivity index (χ1n) is 9.31. The van der Waals surface area contributed by atoms with Gasteiger partial charge in [-0.3, -0.25) is 4.79 Å². The monoisotopic (exact) mass is 427 g/mol. The molecule has 3 aromatic rings. The molecule has 4 rings (SSSR count). The molecule has 0 spiro atoms. The van der Waals surface area contributed by atoms with Crippen LogP contribution in [-0.4, -0.2) is 32.8 Å². The number of hydrogen-bond acceptors (Lipinski definition) is 3. The lowest BCUT2D eigenvalue weighted by Crippen LogP contribution is -2.45. The molecule has 1 amide bonds. The van der Waals surface area contributed by atoms with Crippen molar-refractivity contribution < 1.29 is 9.90 Å². The van der Waals surface area contributed by atoms with Crippen molar-refractivity contribution in [1.29, 1.82) is 0 Å². The number of nitrogens with zero attached hydrogens (tertiary/aromatic N) is 2. The molecule has 27 heavy (non-hydrogen) atoms. The third-order valence-corrected chi connectivity index (χ3v) is 5.73. The van der Waals surface area contributed by atoms with Crippen LogP contribution in [0.3, 0.4) is 0 Å². The van der Waals surface area contributed by atoms with Crippen LogP contribution in [0, 0.1) is 0 Å². The third kappa shape index (κ3) is 3.92. The number of carbonyl (C=O) groups is 1. The van der Waals surface area contributed by atoms with E-state index in [9.17, 15) is 9.90 Å². The van der Waals surface area contributed by atoms with Crippen LogP contribution >= 0.6 is 15.9 Å². The Bertz CT molecular complexity index is 952. The van der Waals surface area contributed by atoms with Gasteiger partial charge in [0.05, 0.1) is 17.7 Å². The summed E-state index contributed by atoms with van der Waals surface area (Å²) >= 11 is 3.46. The standard InChI is InChI=1S/C21H22BrN3O2/c22-16-9-7-14(8-10-16)12-15-13-19(25-18(15)5-3-11-23-25)21(27)24-17-4-1-2-6-20(17)26/h3,5,7-11,13,17,20,26H,1-2,4,6,12H2,(H,24,27)/t17-,20-/m0/s1. The predicted molar refractivity (Wildman–Crippen MR) is 108 cm³/mol. The van der Waals surface area contributed by atoms with E-state index < -0.39 is 6.10 Å². The van der Waals surface area contributed by atoms with Crippen LogP contribution in [0.25, 0.3) is 5.52 Å². The van der Waals surface area contributed by atoms with Gasteiger partial charge in [0, 0.05) is 10.7 Å². The lowest BCUT2D eigenvalue weighted by atomic mass is 9.92. The van der Waals surface area contributed by atoms with Crippen molar-refractivity contribution in [3.05, 3.63) is 70.0 Å². The number of aliphatic hydroxyl groups excluding tert-OH is 1. The third-order valence-electron chi connectivity index (χ3n) is 5.21. The maximum atomic E-state index is 12.9. The minimum Gasteiger partial charge on any atom is -0.391 e. The number of hydrogen-bond donors (Lipinski definition) is 2. The number of aliphatic hydroxyl groups is 1. The molecule has 6 heteroatoms. The lowest BCUT2D eigenvalue weighted by Gasteiger charge is -2.28. The molecule has 0 saturated heterocycles. The van der Waals surface area contributed by atoms with Gasteiger partial charge in [0.15, 0.2) is 0 Å². The maximum Gasteiger partial charge on any atom is 0.270 e. The van der Waals surface area contributed by atoms with Crippen molar-refractivity contribution in [3.8, 4) is 0 Å². The number of amides is 1. The van der Waals surface area contributed by atoms with E-state index in [0.717, 1.165) is 47.7 Å². The Morgan fingerprint density at radius 2 is 2.00 bits per heavy atom. The van der Waals surface area contributed by atoms with E-state index in [4.69, 9.17) is 0 Å². The largest absolute Gasteiger partial charge is 0.391 e. The Hall–Kier alpha value is -2.18. The average Bonchev–Trinajstić information content (AvgIpc) is 3.04. The normalized spacial score (nSPS) is 19.9. The molecule has 0 bridgehead atoms. The van der Waals surface area contributed by atoms with Gasteiger partial charge in [0.1, 0.15) is 5.69 Å². The first-order valence-corrected chi connectivity index (χ1v) is 10.1. The van der Waals surface area contributed by atoms with Crippen molar-refractivity contribution in [3.63, 3.8) is 0 Å². The molecule has 2 aromatic heterocycles. The predicted octanol–water partition coefficient (Wildman–Crippen LogP) is 3.72. The lowest BCUT2D eigenvalue weighted by molar-refractivity contribution is 0.0712. The second-order valence-electron chi connectivity index (χ2n) is 7.11. The highest BCUT2D eigenvalue weighted by Gasteiger charge is 2.26. The molecular weight excluding hydrogens is 406 g/mol. The summed E-state index contributed by atoms with van der Waals surface area (Å²) in [5.41, 5.74) is 3.66. The van der Waals surface area contributed by atoms with Crippen molar-refractivity contribution in [1.82, 2.24) is 14.9 Å². The average molecular weight is 428 g/mol. The Kier molecular flexibility index (Phi) is 5.27. The summed E-state index contributed by atoms with van der Waals surface area (Å²) < 4.78 is 2.74. The number of aromatic nitrogens is 2. The summed E-state index contributed by atoms with van der Waals surface area (Å²) in [5, 5.41) is 17.5. The fourth-order valence-corrected chi connectivity index (χ4v) is 4.02. The highest BCUT2D eigenvalue weighted by molar-refractivity contribution is 9.10. The first-order chi connectivity index (χ1) is 13.1. The van der Waals surface area contributed by atoms with Crippen LogP contribution in [0.15, 0.2) is 53.1 Å². The molecule has 2 atom stereocenters. The molecular formula is C21H22BrN3O2. The van der Waals surface area contributed by atoms with Crippen LogP contribution in [-0.2, 0) is 6.42 Å². The molecule has 0 aliphatic heterocycles. The fraction of sp³-hybridized carbons (Fsp3) is 0.333. The highest BCUT2D eigenvalue weighted by Crippen LogP contribution is 2.22. The van der Waals surface area contributed by atoms with E-state index >= 15 is 0 Å². The van der Waals surface area contributed by atoms with Gasteiger partial charge in [-0.05, 0) is 60.7 Å². The van der Waals surface area contributed by atoms with Gasteiger partial charge < -0.3 is 10.4 Å². The first kappa shape index (κ1) is 18.2. The molecule has 0 radical (unpaired) electrons. The van der Waals surface area contributed by atoms with E-state index in [0.29, 0.717) is 5.69 Å². The van der Waals surface area contributed by atoms with Gasteiger partial charge >= 0.3 is 0 Å². The van der Waals surface area contributed by atoms with Gasteiger partial charge in [-0.2, -0.15) is 5.10 Å². The molecule has 1 aromatic carbocycles. The van der Waals surface area contributed by atoms with E-state index in [1.54, 1.807) is 10.7 Å². The SMILES string of the molecule is O=C(N[C@H]1CCCC[C@@H]1O)c1cc(Cc2ccc(Br)cc2)c2cccnn12. The highest BCUT2D eigenvalue weighted by atomic mass is 79.9. The Labute approximate surface area is 166 Å². The summed E-state index contributed by atoms with van der Waals surface area (Å²) in [6.07, 6.45) is 5.54. The number of carbonyl (C=O) groups excluding carboxylic acids is 1. The second-order valence-corrected chi connectivity index (χ2v) is 8.03. The number of nitrogens with one attached hydrogen (secondary N) is 1. The molecule has 0 unspecified atom stereocenters. The molecule has 5 nitrogen and oxygen atoms in total. The number of fused-ring (bicyclic) bond motifs is 1. The van der Waals surface area contributed by atoms with Gasteiger partial charge in [0.2, 0.25) is 0 Å². The van der Waals surface area contributed by atoms with Crippen molar-refractivity contribution >= 4 is 27.4 Å². The van der Waals surface area contributed by atoms with E-state index in [2.05, 4.69) is 38.5 Å². The quantitative estimate of drug-likeness (QED) is 0.666. The Balaban J connectivity index is 1.63. The van der Waals surface area contributed by atoms with Crippen molar-refractivity contribution in [2.75, 3.05) is 0 Å². The smallest absolute Gasteiger partial charge is 0.270 e. The van der Waals surface area contributed by atoms with E-state index in [1.165, 1.54) is 5.56 Å².